The van der Waals surface area contributed by atoms with Gasteiger partial charge in [-0.2, -0.15) is 8.42 Å². The van der Waals surface area contributed by atoms with Crippen molar-refractivity contribution >= 4 is 10.4 Å². The van der Waals surface area contributed by atoms with E-state index in [2.05, 4.69) is 0 Å². The highest BCUT2D eigenvalue weighted by molar-refractivity contribution is 7.79. The highest BCUT2D eigenvalue weighted by atomic mass is 32.3. The van der Waals surface area contributed by atoms with Crippen LogP contribution in [0.2, 0.25) is 0 Å². The summed E-state index contributed by atoms with van der Waals surface area (Å²) in [5.74, 6) is 0. The van der Waals surface area contributed by atoms with Gasteiger partial charge in [0.25, 0.3) is 0 Å². The molecule has 3 N–H and O–H groups in total. The van der Waals surface area contributed by atoms with Gasteiger partial charge in [0.2, 0.25) is 0 Å². The van der Waals surface area contributed by atoms with Gasteiger partial charge in [-0.1, -0.05) is 0 Å². The van der Waals surface area contributed by atoms with Gasteiger partial charge in [0.1, 0.15) is 0 Å². The molecule has 0 aromatic heterocycles. The van der Waals surface area contributed by atoms with Gasteiger partial charge in [-0.3, -0.25) is 9.11 Å². The number of rotatable bonds is 30. The minimum Gasteiger partial charge on any atom is -0.394 e. The average Bonchev–Trinajstić information content (AvgIpc) is 2.86. The predicted molar refractivity (Wildman–Crippen MR) is 140 cm³/mol. The van der Waals surface area contributed by atoms with E-state index in [-0.39, 0.29) is 12.7 Å². The van der Waals surface area contributed by atoms with Crippen molar-refractivity contribution in [2.24, 2.45) is 0 Å². The first-order chi connectivity index (χ1) is 18.8. The van der Waals surface area contributed by atoms with Crippen molar-refractivity contribution in [2.75, 3.05) is 132 Å². The molecule has 0 radical (unpaired) electrons. The van der Waals surface area contributed by atoms with E-state index in [9.17, 15) is 0 Å². The molecule has 0 aromatic carbocycles. The fourth-order valence-electron chi connectivity index (χ4n) is 2.27. The molecule has 0 aliphatic carbocycles. The van der Waals surface area contributed by atoms with Gasteiger partial charge in [-0.25, -0.2) is 0 Å². The van der Waals surface area contributed by atoms with Gasteiger partial charge in [0, 0.05) is 0 Å². The lowest BCUT2D eigenvalue weighted by atomic mass is 10.5. The van der Waals surface area contributed by atoms with Gasteiger partial charge in [0.05, 0.1) is 138 Å². The van der Waals surface area contributed by atoms with Crippen molar-refractivity contribution in [3.63, 3.8) is 0 Å². The third-order valence-corrected chi connectivity index (χ3v) is 3.89. The summed E-state index contributed by atoms with van der Waals surface area (Å²) in [6.07, 6.45) is 0.234. The summed E-state index contributed by atoms with van der Waals surface area (Å²) >= 11 is 0. The quantitative estimate of drug-likeness (QED) is 0.0734. The lowest BCUT2D eigenvalue weighted by Crippen LogP contribution is -2.15. The molecular weight excluding hydrogens is 548 g/mol. The summed E-state index contributed by atoms with van der Waals surface area (Å²) in [5, 5.41) is 8.55. The van der Waals surface area contributed by atoms with E-state index in [4.69, 9.17) is 70.0 Å². The van der Waals surface area contributed by atoms with E-state index < -0.39 is 10.4 Å². The lowest BCUT2D eigenvalue weighted by Gasteiger charge is -2.09. The van der Waals surface area contributed by atoms with Crippen LogP contribution in [0.5, 0.6) is 0 Å². The standard InChI is InChI=1S/C23H48O11.H2O4S/c1-23(2)34-22-21-33-20-19-32-18-17-31-16-15-30-14-13-29-12-11-28-10-9-27-8-7-26-6-5-25-4-3-24;1-5(2,3)4/h23-24H,3-22H2,1-2H3;(H2,1,2,3,4). The molecule has 0 bridgehead atoms. The zero-order chi connectivity index (χ0) is 29.3. The SMILES string of the molecule is CC(C)OCCOCCOCCOCCOCCOCCOCCOCCOCCOCCO.O=S(=O)(O)O. The van der Waals surface area contributed by atoms with Crippen LogP contribution in [0, 0.1) is 0 Å². The van der Waals surface area contributed by atoms with Crippen LogP contribution >= 0.6 is 0 Å². The molecule has 0 saturated heterocycles. The Morgan fingerprint density at radius 1 is 0.436 bits per heavy atom. The second-order valence-electron chi connectivity index (χ2n) is 7.60. The maximum absolute atomic E-state index is 8.74. The van der Waals surface area contributed by atoms with Crippen LogP contribution in [0.4, 0.5) is 0 Å². The molecule has 15 nitrogen and oxygen atoms in total. The fourth-order valence-corrected chi connectivity index (χ4v) is 2.27. The second kappa shape index (κ2) is 33.6. The maximum atomic E-state index is 8.74. The summed E-state index contributed by atoms with van der Waals surface area (Å²) in [6, 6.07) is 0. The summed E-state index contributed by atoms with van der Waals surface area (Å²) < 4.78 is 85.2. The number of hydrogen-bond acceptors (Lipinski definition) is 13. The van der Waals surface area contributed by atoms with Gasteiger partial charge >= 0.3 is 10.4 Å². The number of aliphatic hydroxyl groups excluding tert-OH is 1. The Morgan fingerprint density at radius 3 is 0.795 bits per heavy atom. The molecule has 0 aliphatic rings. The molecule has 0 amide bonds. The summed E-state index contributed by atoms with van der Waals surface area (Å²) in [4.78, 5) is 0. The van der Waals surface area contributed by atoms with Gasteiger partial charge in [-0.05, 0) is 13.8 Å². The highest BCUT2D eigenvalue weighted by Gasteiger charge is 1.96. The summed E-state index contributed by atoms with van der Waals surface area (Å²) in [6.45, 7) is 13.9. The van der Waals surface area contributed by atoms with Crippen LogP contribution < -0.4 is 0 Å². The van der Waals surface area contributed by atoms with Crippen LogP contribution in [0.25, 0.3) is 0 Å². The Hall–Kier alpha value is -0.570. The number of ether oxygens (including phenoxy) is 10. The molecule has 0 rings (SSSR count). The molecular formula is C23H50O15S. The molecule has 0 aliphatic heterocycles. The van der Waals surface area contributed by atoms with Gasteiger partial charge in [0.15, 0.2) is 0 Å². The zero-order valence-corrected chi connectivity index (χ0v) is 24.2. The molecule has 0 fully saturated rings. The van der Waals surface area contributed by atoms with E-state index in [1.54, 1.807) is 0 Å². The van der Waals surface area contributed by atoms with E-state index >= 15 is 0 Å². The monoisotopic (exact) mass is 598 g/mol. The number of aliphatic hydroxyl groups is 1. The molecule has 0 atom stereocenters. The van der Waals surface area contributed by atoms with E-state index in [0.29, 0.717) is 126 Å². The van der Waals surface area contributed by atoms with Crippen molar-refractivity contribution in [2.45, 2.75) is 20.0 Å². The Labute approximate surface area is 232 Å². The molecule has 39 heavy (non-hydrogen) atoms. The van der Waals surface area contributed by atoms with Gasteiger partial charge in [-0.15, -0.1) is 0 Å². The molecule has 0 spiro atoms. The molecule has 0 aromatic rings. The minimum absolute atomic E-state index is 0.0298. The van der Waals surface area contributed by atoms with Crippen molar-refractivity contribution in [3.8, 4) is 0 Å². The van der Waals surface area contributed by atoms with Crippen LogP contribution in [0.15, 0.2) is 0 Å². The third-order valence-electron chi connectivity index (χ3n) is 3.89. The predicted octanol–water partition coefficient (Wildman–Crippen LogP) is -0.0997. The molecule has 0 unspecified atom stereocenters. The first-order valence-electron chi connectivity index (χ1n) is 12.9. The van der Waals surface area contributed by atoms with Crippen molar-refractivity contribution in [1.29, 1.82) is 0 Å². The maximum Gasteiger partial charge on any atom is 0.394 e. The lowest BCUT2D eigenvalue weighted by molar-refractivity contribution is -0.0281. The smallest absolute Gasteiger partial charge is 0.394 e. The third kappa shape index (κ3) is 50.7. The van der Waals surface area contributed by atoms with Crippen LogP contribution in [-0.2, 0) is 57.8 Å². The molecule has 16 heteroatoms. The molecule has 0 heterocycles. The normalized spacial score (nSPS) is 11.6. The van der Waals surface area contributed by atoms with Crippen LogP contribution in [0.3, 0.4) is 0 Å². The van der Waals surface area contributed by atoms with Crippen molar-refractivity contribution < 1.29 is 70.0 Å². The minimum atomic E-state index is -4.67. The topological polar surface area (TPSA) is 187 Å². The van der Waals surface area contributed by atoms with E-state index in [1.807, 2.05) is 13.8 Å². The van der Waals surface area contributed by atoms with Crippen LogP contribution in [0.1, 0.15) is 13.8 Å². The van der Waals surface area contributed by atoms with E-state index in [1.165, 1.54) is 0 Å². The number of hydrogen-bond donors (Lipinski definition) is 3. The van der Waals surface area contributed by atoms with Crippen molar-refractivity contribution in [1.82, 2.24) is 0 Å². The largest absolute Gasteiger partial charge is 0.394 e. The van der Waals surface area contributed by atoms with Gasteiger partial charge < -0.3 is 52.5 Å². The molecule has 0 saturated carbocycles. The van der Waals surface area contributed by atoms with Crippen LogP contribution in [-0.4, -0.2) is 161 Å². The zero-order valence-electron chi connectivity index (χ0n) is 23.4. The molecule has 238 valence electrons. The van der Waals surface area contributed by atoms with E-state index in [0.717, 1.165) is 0 Å². The fraction of sp³-hybridized carbons (Fsp3) is 1.00. The summed E-state index contributed by atoms with van der Waals surface area (Å²) in [5.41, 5.74) is 0. The Bertz CT molecular complexity index is 544. The van der Waals surface area contributed by atoms with Crippen molar-refractivity contribution in [3.05, 3.63) is 0 Å². The Morgan fingerprint density at radius 2 is 0.615 bits per heavy atom. The highest BCUT2D eigenvalue weighted by Crippen LogP contribution is 1.88. The Balaban J connectivity index is 0. The first kappa shape index (κ1) is 40.6. The summed E-state index contributed by atoms with van der Waals surface area (Å²) in [7, 11) is -4.67. The average molecular weight is 599 g/mol. The Kier molecular flexibility index (Phi) is 35.0. The first-order valence-corrected chi connectivity index (χ1v) is 14.3. The second-order valence-corrected chi connectivity index (χ2v) is 8.50.